The Kier molecular flexibility index (Phi) is 7.85. The Hall–Kier alpha value is -6.90. The first-order chi connectivity index (χ1) is 27.0. The lowest BCUT2D eigenvalue weighted by molar-refractivity contribution is 0.661. The van der Waals surface area contributed by atoms with Gasteiger partial charge in [-0.3, -0.25) is 0 Å². The molecule has 0 aliphatic heterocycles. The molecule has 0 fully saturated rings. The molecule has 0 amide bonds. The Morgan fingerprint density at radius 3 is 1.42 bits per heavy atom. The van der Waals surface area contributed by atoms with Crippen LogP contribution in [-0.4, -0.2) is 9.97 Å². The summed E-state index contributed by atoms with van der Waals surface area (Å²) >= 11 is 0. The number of hydrogen-bond donors (Lipinski definition) is 0. The normalized spacial score (nSPS) is 12.7. The van der Waals surface area contributed by atoms with Crippen LogP contribution < -0.4 is 0 Å². The summed E-state index contributed by atoms with van der Waals surface area (Å²) in [4.78, 5) is 10.5. The summed E-state index contributed by atoms with van der Waals surface area (Å²) < 4.78 is 0. The van der Waals surface area contributed by atoms with E-state index in [2.05, 4.69) is 202 Å². The van der Waals surface area contributed by atoms with E-state index in [1.54, 1.807) is 0 Å². The monoisotopic (exact) mass is 702 g/mol. The number of aromatic nitrogens is 2. The first kappa shape index (κ1) is 32.7. The Labute approximate surface area is 322 Å². The highest BCUT2D eigenvalue weighted by Crippen LogP contribution is 2.53. The summed E-state index contributed by atoms with van der Waals surface area (Å²) in [6.45, 7) is 4.69. The summed E-state index contributed by atoms with van der Waals surface area (Å²) in [7, 11) is 0. The van der Waals surface area contributed by atoms with Gasteiger partial charge in [0.1, 0.15) is 0 Å². The summed E-state index contributed by atoms with van der Waals surface area (Å²) in [6.07, 6.45) is 0. The Morgan fingerprint density at radius 2 is 0.818 bits per heavy atom. The highest BCUT2D eigenvalue weighted by atomic mass is 14.9. The predicted molar refractivity (Wildman–Crippen MR) is 230 cm³/mol. The number of benzene rings is 8. The lowest BCUT2D eigenvalue weighted by Crippen LogP contribution is -2.14. The number of rotatable bonds is 6. The van der Waals surface area contributed by atoms with Crippen molar-refractivity contribution in [2.45, 2.75) is 19.3 Å². The minimum atomic E-state index is -0.142. The van der Waals surface area contributed by atoms with Crippen molar-refractivity contribution in [2.24, 2.45) is 0 Å². The van der Waals surface area contributed by atoms with E-state index < -0.39 is 0 Å². The second kappa shape index (κ2) is 13.2. The molecule has 0 saturated carbocycles. The van der Waals surface area contributed by atoms with Crippen LogP contribution in [0.5, 0.6) is 0 Å². The average molecular weight is 703 g/mol. The second-order valence-corrected chi connectivity index (χ2v) is 15.0. The van der Waals surface area contributed by atoms with Gasteiger partial charge in [0, 0.05) is 22.1 Å². The van der Waals surface area contributed by atoms with Gasteiger partial charge in [-0.05, 0) is 103 Å². The molecule has 0 radical (unpaired) electrons. The molecule has 2 nitrogen and oxygen atoms in total. The van der Waals surface area contributed by atoms with Crippen molar-refractivity contribution in [3.63, 3.8) is 0 Å². The Morgan fingerprint density at radius 1 is 0.327 bits per heavy atom. The molecule has 1 aliphatic rings. The third-order valence-corrected chi connectivity index (χ3v) is 11.3. The van der Waals surface area contributed by atoms with Gasteiger partial charge < -0.3 is 0 Å². The molecule has 260 valence electrons. The lowest BCUT2D eigenvalue weighted by atomic mass is 9.81. The van der Waals surface area contributed by atoms with E-state index in [0.29, 0.717) is 5.82 Å². The molecule has 2 heteroatoms. The maximum atomic E-state index is 5.29. The van der Waals surface area contributed by atoms with E-state index in [9.17, 15) is 0 Å². The van der Waals surface area contributed by atoms with Crippen LogP contribution >= 0.6 is 0 Å². The van der Waals surface area contributed by atoms with Gasteiger partial charge in [0.05, 0.1) is 11.4 Å². The maximum absolute atomic E-state index is 5.29. The minimum Gasteiger partial charge on any atom is -0.228 e. The number of fused-ring (bicyclic) bond motifs is 4. The van der Waals surface area contributed by atoms with Crippen molar-refractivity contribution in [3.8, 4) is 78.4 Å². The van der Waals surface area contributed by atoms with Crippen LogP contribution in [-0.2, 0) is 5.41 Å². The van der Waals surface area contributed by atoms with E-state index in [4.69, 9.17) is 9.97 Å². The van der Waals surface area contributed by atoms with Crippen LogP contribution in [0.1, 0.15) is 25.0 Å². The average Bonchev–Trinajstić information content (AvgIpc) is 3.48. The maximum Gasteiger partial charge on any atom is 0.160 e. The molecule has 0 spiro atoms. The molecule has 10 rings (SSSR count). The molecule has 8 aromatic carbocycles. The Bertz CT molecular complexity index is 2800. The van der Waals surface area contributed by atoms with E-state index in [1.807, 2.05) is 6.07 Å². The van der Waals surface area contributed by atoms with Crippen LogP contribution in [0.25, 0.3) is 89.2 Å². The molecule has 1 heterocycles. The minimum absolute atomic E-state index is 0.142. The number of nitrogens with zero attached hydrogens (tertiary/aromatic N) is 2. The zero-order valence-corrected chi connectivity index (χ0v) is 30.9. The van der Waals surface area contributed by atoms with Crippen molar-refractivity contribution in [2.75, 3.05) is 0 Å². The SMILES string of the molecule is CC1(C)c2cc3ccccc3cc2-c2c(-c3cc(-c4ccc(-c5cc(-c6ccccc6)cc(-c6ccccc6)c5)cc4)nc(-c4ccccc4)n3)cccc21. The summed E-state index contributed by atoms with van der Waals surface area (Å²) in [5.41, 5.74) is 17.2. The van der Waals surface area contributed by atoms with Gasteiger partial charge in [0.2, 0.25) is 0 Å². The zero-order valence-electron chi connectivity index (χ0n) is 30.9. The molecule has 0 N–H and O–H groups in total. The van der Waals surface area contributed by atoms with E-state index in [-0.39, 0.29) is 5.41 Å². The topological polar surface area (TPSA) is 25.8 Å². The Balaban J connectivity index is 1.11. The standard InChI is InChI=1S/C53H38N2/c1-53(2)47-24-14-23-45(51(47)46-32-40-21-12-13-22-41(40)33-48(46)53)50-34-49(54-52(55-50)39-19-10-5-11-20-39)38-27-25-37(26-28-38)44-30-42(35-15-6-3-7-16-35)29-43(31-44)36-17-8-4-9-18-36/h3-34H,1-2H3. The first-order valence-corrected chi connectivity index (χ1v) is 19.0. The predicted octanol–water partition coefficient (Wildman–Crippen LogP) is 13.9. The molecular formula is C53H38N2. The van der Waals surface area contributed by atoms with Crippen molar-refractivity contribution in [1.29, 1.82) is 0 Å². The van der Waals surface area contributed by atoms with Crippen LogP contribution in [0.15, 0.2) is 194 Å². The van der Waals surface area contributed by atoms with Gasteiger partial charge in [-0.2, -0.15) is 0 Å². The fourth-order valence-corrected chi connectivity index (χ4v) is 8.36. The van der Waals surface area contributed by atoms with Gasteiger partial charge in [0.15, 0.2) is 5.82 Å². The van der Waals surface area contributed by atoms with Crippen molar-refractivity contribution in [3.05, 3.63) is 205 Å². The molecular weight excluding hydrogens is 665 g/mol. The fraction of sp³-hybridized carbons (Fsp3) is 0.0566. The van der Waals surface area contributed by atoms with Crippen LogP contribution in [0, 0.1) is 0 Å². The quantitative estimate of drug-likeness (QED) is 0.172. The summed E-state index contributed by atoms with van der Waals surface area (Å²) in [5.74, 6) is 0.717. The van der Waals surface area contributed by atoms with E-state index >= 15 is 0 Å². The number of hydrogen-bond acceptors (Lipinski definition) is 2. The molecule has 0 saturated heterocycles. The highest BCUT2D eigenvalue weighted by Gasteiger charge is 2.37. The smallest absolute Gasteiger partial charge is 0.160 e. The molecule has 0 unspecified atom stereocenters. The van der Waals surface area contributed by atoms with Crippen LogP contribution in [0.4, 0.5) is 0 Å². The molecule has 0 bridgehead atoms. The van der Waals surface area contributed by atoms with Gasteiger partial charge in [0.25, 0.3) is 0 Å². The summed E-state index contributed by atoms with van der Waals surface area (Å²) in [6, 6.07) is 69.6. The van der Waals surface area contributed by atoms with Crippen LogP contribution in [0.3, 0.4) is 0 Å². The van der Waals surface area contributed by atoms with E-state index in [0.717, 1.165) is 33.6 Å². The van der Waals surface area contributed by atoms with Gasteiger partial charge >= 0.3 is 0 Å². The third-order valence-electron chi connectivity index (χ3n) is 11.3. The van der Waals surface area contributed by atoms with Crippen molar-refractivity contribution >= 4 is 10.8 Å². The largest absolute Gasteiger partial charge is 0.228 e. The molecule has 55 heavy (non-hydrogen) atoms. The van der Waals surface area contributed by atoms with Crippen molar-refractivity contribution in [1.82, 2.24) is 9.97 Å². The van der Waals surface area contributed by atoms with Gasteiger partial charge in [-0.25, -0.2) is 9.97 Å². The molecule has 9 aromatic rings. The third kappa shape index (κ3) is 5.84. The zero-order chi connectivity index (χ0) is 36.9. The van der Waals surface area contributed by atoms with Gasteiger partial charge in [-0.15, -0.1) is 0 Å². The summed E-state index contributed by atoms with van der Waals surface area (Å²) in [5, 5.41) is 2.52. The molecule has 1 aliphatic carbocycles. The fourth-order valence-electron chi connectivity index (χ4n) is 8.36. The second-order valence-electron chi connectivity index (χ2n) is 15.0. The van der Waals surface area contributed by atoms with Gasteiger partial charge in [-0.1, -0.05) is 172 Å². The lowest BCUT2D eigenvalue weighted by Gasteiger charge is -2.22. The molecule has 0 atom stereocenters. The first-order valence-electron chi connectivity index (χ1n) is 19.0. The van der Waals surface area contributed by atoms with E-state index in [1.165, 1.54) is 60.8 Å². The molecule has 1 aromatic heterocycles. The van der Waals surface area contributed by atoms with Crippen LogP contribution in [0.2, 0.25) is 0 Å². The van der Waals surface area contributed by atoms with Crippen molar-refractivity contribution < 1.29 is 0 Å². The highest BCUT2D eigenvalue weighted by molar-refractivity contribution is 5.98.